The van der Waals surface area contributed by atoms with Gasteiger partial charge in [-0.15, -0.1) is 0 Å². The second-order valence-corrected chi connectivity index (χ2v) is 5.04. The quantitative estimate of drug-likeness (QED) is 0.883. The van der Waals surface area contributed by atoms with Gasteiger partial charge in [0, 0.05) is 6.61 Å². The van der Waals surface area contributed by atoms with Crippen molar-refractivity contribution in [2.24, 2.45) is 0 Å². The third-order valence-electron chi connectivity index (χ3n) is 3.35. The Bertz CT molecular complexity index is 480. The van der Waals surface area contributed by atoms with Crippen LogP contribution in [-0.4, -0.2) is 34.3 Å². The van der Waals surface area contributed by atoms with Crippen LogP contribution in [0.1, 0.15) is 30.8 Å². The van der Waals surface area contributed by atoms with Crippen LogP contribution in [0.25, 0.3) is 0 Å². The number of nitrogens with one attached hydrogen (secondary N) is 1. The van der Waals surface area contributed by atoms with E-state index in [1.165, 1.54) is 6.07 Å². The van der Waals surface area contributed by atoms with Crippen molar-refractivity contribution in [2.45, 2.75) is 31.9 Å². The zero-order valence-corrected chi connectivity index (χ0v) is 11.0. The zero-order valence-electron chi connectivity index (χ0n) is 10.2. The molecule has 0 aliphatic carbocycles. The van der Waals surface area contributed by atoms with Gasteiger partial charge in [0.15, 0.2) is 5.69 Å². The number of hydrogen-bond acceptors (Lipinski definition) is 4. The molecule has 0 saturated carbocycles. The van der Waals surface area contributed by atoms with Gasteiger partial charge < -0.3 is 15.2 Å². The number of anilines is 1. The largest absolute Gasteiger partial charge is 0.476 e. The van der Waals surface area contributed by atoms with Crippen LogP contribution >= 0.6 is 11.6 Å². The summed E-state index contributed by atoms with van der Waals surface area (Å²) in [6, 6.07) is 3.20. The normalized spacial score (nSPS) is 27.2. The number of carboxylic acids is 1. The van der Waals surface area contributed by atoms with Crippen molar-refractivity contribution in [1.29, 1.82) is 0 Å². The fraction of sp³-hybridized carbons (Fsp3) is 0.500. The average Bonchev–Trinajstić information content (AvgIpc) is 2.62. The molecule has 2 unspecified atom stereocenters. The van der Waals surface area contributed by atoms with E-state index in [9.17, 15) is 4.79 Å². The maximum atomic E-state index is 11.0. The molecule has 1 aromatic rings. The van der Waals surface area contributed by atoms with Crippen LogP contribution < -0.4 is 5.32 Å². The number of ether oxygens (including phenoxy) is 1. The van der Waals surface area contributed by atoms with Crippen molar-refractivity contribution in [1.82, 2.24) is 4.98 Å². The Labute approximate surface area is 110 Å². The van der Waals surface area contributed by atoms with Gasteiger partial charge in [-0.3, -0.25) is 0 Å². The molecule has 1 aliphatic rings. The Morgan fingerprint density at radius 3 is 2.94 bits per heavy atom. The standard InChI is InChI=1S/C12H15ClN2O3/c1-7-12(2,5-6-18-7)15-9-4-3-8(13)10(14-9)11(16)17/h3-4,7H,5-6H2,1-2H3,(H,14,15)(H,16,17). The first-order valence-electron chi connectivity index (χ1n) is 5.72. The van der Waals surface area contributed by atoms with Crippen molar-refractivity contribution in [3.8, 4) is 0 Å². The van der Waals surface area contributed by atoms with Gasteiger partial charge in [-0.1, -0.05) is 11.6 Å². The number of hydrogen-bond donors (Lipinski definition) is 2. The van der Waals surface area contributed by atoms with E-state index >= 15 is 0 Å². The highest BCUT2D eigenvalue weighted by Crippen LogP contribution is 2.29. The molecule has 98 valence electrons. The Kier molecular flexibility index (Phi) is 3.45. The van der Waals surface area contributed by atoms with Crippen LogP contribution in [0.3, 0.4) is 0 Å². The van der Waals surface area contributed by atoms with Crippen molar-refractivity contribution >= 4 is 23.4 Å². The number of halogens is 1. The molecule has 5 nitrogen and oxygen atoms in total. The summed E-state index contributed by atoms with van der Waals surface area (Å²) in [6.07, 6.45) is 0.893. The highest BCUT2D eigenvalue weighted by molar-refractivity contribution is 6.33. The second kappa shape index (κ2) is 4.74. The Balaban J connectivity index is 2.25. The van der Waals surface area contributed by atoms with Crippen LogP contribution in [0.4, 0.5) is 5.82 Å². The van der Waals surface area contributed by atoms with Gasteiger partial charge in [0.1, 0.15) is 5.82 Å². The summed E-state index contributed by atoms with van der Waals surface area (Å²) < 4.78 is 5.51. The summed E-state index contributed by atoms with van der Waals surface area (Å²) in [5.41, 5.74) is -0.381. The molecule has 1 fully saturated rings. The van der Waals surface area contributed by atoms with Crippen molar-refractivity contribution in [3.63, 3.8) is 0 Å². The van der Waals surface area contributed by atoms with E-state index in [4.69, 9.17) is 21.4 Å². The SMILES string of the molecule is CC1OCCC1(C)Nc1ccc(Cl)c(C(=O)O)n1. The molecule has 0 spiro atoms. The highest BCUT2D eigenvalue weighted by Gasteiger charge is 2.37. The summed E-state index contributed by atoms with van der Waals surface area (Å²) in [5, 5.41) is 12.3. The molecule has 0 bridgehead atoms. The van der Waals surface area contributed by atoms with E-state index in [0.717, 1.165) is 6.42 Å². The maximum Gasteiger partial charge on any atom is 0.356 e. The van der Waals surface area contributed by atoms with Crippen LogP contribution in [0.2, 0.25) is 5.02 Å². The van der Waals surface area contributed by atoms with Gasteiger partial charge in [0.05, 0.1) is 16.7 Å². The minimum atomic E-state index is -1.13. The van der Waals surface area contributed by atoms with Crippen molar-refractivity contribution in [2.75, 3.05) is 11.9 Å². The number of pyridine rings is 1. The molecule has 1 aliphatic heterocycles. The lowest BCUT2D eigenvalue weighted by molar-refractivity contribution is 0.0691. The number of aromatic nitrogens is 1. The minimum absolute atomic E-state index is 0.0447. The Morgan fingerprint density at radius 2 is 2.39 bits per heavy atom. The summed E-state index contributed by atoms with van der Waals surface area (Å²) in [4.78, 5) is 15.0. The third kappa shape index (κ3) is 2.42. The Hall–Kier alpha value is -1.33. The molecular formula is C12H15ClN2O3. The van der Waals surface area contributed by atoms with Gasteiger partial charge in [0.25, 0.3) is 0 Å². The molecule has 2 heterocycles. The molecule has 0 radical (unpaired) electrons. The smallest absolute Gasteiger partial charge is 0.356 e. The number of carboxylic acid groups (broad SMARTS) is 1. The van der Waals surface area contributed by atoms with Gasteiger partial charge in [-0.05, 0) is 32.4 Å². The molecule has 0 amide bonds. The van der Waals surface area contributed by atoms with E-state index in [1.54, 1.807) is 6.07 Å². The van der Waals surface area contributed by atoms with E-state index in [1.807, 2.05) is 13.8 Å². The highest BCUT2D eigenvalue weighted by atomic mass is 35.5. The van der Waals surface area contributed by atoms with Crippen LogP contribution in [-0.2, 0) is 4.74 Å². The van der Waals surface area contributed by atoms with E-state index < -0.39 is 5.97 Å². The molecular weight excluding hydrogens is 256 g/mol. The Morgan fingerprint density at radius 1 is 1.67 bits per heavy atom. The number of carbonyl (C=O) groups is 1. The lowest BCUT2D eigenvalue weighted by atomic mass is 9.95. The monoisotopic (exact) mass is 270 g/mol. The summed E-state index contributed by atoms with van der Waals surface area (Å²) in [7, 11) is 0. The number of nitrogens with zero attached hydrogens (tertiary/aromatic N) is 1. The van der Waals surface area contributed by atoms with Gasteiger partial charge in [0.2, 0.25) is 0 Å². The number of rotatable bonds is 3. The molecule has 1 saturated heterocycles. The molecule has 18 heavy (non-hydrogen) atoms. The first kappa shape index (κ1) is 13.1. The molecule has 2 rings (SSSR count). The fourth-order valence-electron chi connectivity index (χ4n) is 1.95. The van der Waals surface area contributed by atoms with Gasteiger partial charge in [-0.2, -0.15) is 0 Å². The van der Waals surface area contributed by atoms with E-state index in [-0.39, 0.29) is 22.4 Å². The van der Waals surface area contributed by atoms with E-state index in [0.29, 0.717) is 12.4 Å². The summed E-state index contributed by atoms with van der Waals surface area (Å²) in [6.45, 7) is 4.69. The predicted molar refractivity (Wildman–Crippen MR) is 68.3 cm³/mol. The lowest BCUT2D eigenvalue weighted by Gasteiger charge is -2.29. The van der Waals surface area contributed by atoms with Crippen molar-refractivity contribution in [3.05, 3.63) is 22.8 Å². The third-order valence-corrected chi connectivity index (χ3v) is 3.65. The minimum Gasteiger partial charge on any atom is -0.476 e. The summed E-state index contributed by atoms with van der Waals surface area (Å²) in [5.74, 6) is -0.638. The van der Waals surface area contributed by atoms with Crippen LogP contribution in [0, 0.1) is 0 Å². The first-order chi connectivity index (χ1) is 8.42. The molecule has 2 N–H and O–H groups in total. The van der Waals surface area contributed by atoms with Gasteiger partial charge in [-0.25, -0.2) is 9.78 Å². The van der Waals surface area contributed by atoms with Crippen LogP contribution in [0.15, 0.2) is 12.1 Å². The van der Waals surface area contributed by atoms with Gasteiger partial charge >= 0.3 is 5.97 Å². The predicted octanol–water partition coefficient (Wildman–Crippen LogP) is 2.41. The molecule has 2 atom stereocenters. The van der Waals surface area contributed by atoms with Crippen molar-refractivity contribution < 1.29 is 14.6 Å². The van der Waals surface area contributed by atoms with E-state index in [2.05, 4.69) is 10.3 Å². The molecule has 1 aromatic heterocycles. The lowest BCUT2D eigenvalue weighted by Crippen LogP contribution is -2.41. The maximum absolute atomic E-state index is 11.0. The zero-order chi connectivity index (χ0) is 13.3. The molecule has 0 aromatic carbocycles. The first-order valence-corrected chi connectivity index (χ1v) is 6.10. The second-order valence-electron chi connectivity index (χ2n) is 4.64. The topological polar surface area (TPSA) is 71.5 Å². The van der Waals surface area contributed by atoms with Crippen LogP contribution in [0.5, 0.6) is 0 Å². The fourth-order valence-corrected chi connectivity index (χ4v) is 2.14. The molecule has 6 heteroatoms. The summed E-state index contributed by atoms with van der Waals surface area (Å²) >= 11 is 5.78. The average molecular weight is 271 g/mol. The number of aromatic carboxylic acids is 1.